The number of fused-ring (bicyclic) bond motifs is 2. The fourth-order valence-electron chi connectivity index (χ4n) is 3.51. The van der Waals surface area contributed by atoms with Crippen molar-refractivity contribution in [2.75, 3.05) is 6.54 Å². The third kappa shape index (κ3) is 3.92. The highest BCUT2D eigenvalue weighted by molar-refractivity contribution is 5.77. The van der Waals surface area contributed by atoms with Crippen molar-refractivity contribution in [3.8, 4) is 0 Å². The zero-order chi connectivity index (χ0) is 19.3. The number of carbonyl (C=O) groups is 1. The van der Waals surface area contributed by atoms with Crippen molar-refractivity contribution in [2.45, 2.75) is 51.6 Å². The Morgan fingerprint density at radius 3 is 2.93 bits per heavy atom. The van der Waals surface area contributed by atoms with Gasteiger partial charge in [-0.1, -0.05) is 23.8 Å². The van der Waals surface area contributed by atoms with Gasteiger partial charge in [0.05, 0.1) is 11.9 Å². The molecular weight excluding hydrogens is 358 g/mol. The summed E-state index contributed by atoms with van der Waals surface area (Å²) in [5.41, 5.74) is 0.324. The third-order valence-electron chi connectivity index (χ3n) is 5.04. The maximum atomic E-state index is 12.4. The summed E-state index contributed by atoms with van der Waals surface area (Å²) < 4.78 is 3.42. The van der Waals surface area contributed by atoms with Crippen LogP contribution in [-0.4, -0.2) is 42.2 Å². The van der Waals surface area contributed by atoms with Crippen molar-refractivity contribution in [3.05, 3.63) is 46.3 Å². The number of hydrogen-bond donors (Lipinski definition) is 1. The predicted molar refractivity (Wildman–Crippen MR) is 103 cm³/mol. The molecule has 1 N–H and O–H groups in total. The van der Waals surface area contributed by atoms with E-state index >= 15 is 0 Å². The number of aryl methyl sites for hydroxylation is 2. The molecule has 0 radical (unpaired) electrons. The molecule has 4 rings (SSSR count). The minimum atomic E-state index is -0.232. The van der Waals surface area contributed by atoms with E-state index in [2.05, 4.69) is 30.4 Å². The summed E-state index contributed by atoms with van der Waals surface area (Å²) in [6.45, 7) is 1.65. The van der Waals surface area contributed by atoms with Crippen LogP contribution in [-0.2, 0) is 30.7 Å². The zero-order valence-corrected chi connectivity index (χ0v) is 15.7. The predicted octanol–water partition coefficient (Wildman–Crippen LogP) is 0.858. The van der Waals surface area contributed by atoms with Crippen molar-refractivity contribution >= 4 is 16.8 Å². The number of nitrogens with one attached hydrogen (secondary N) is 1. The van der Waals surface area contributed by atoms with Gasteiger partial charge in [-0.2, -0.15) is 0 Å². The Kier molecular flexibility index (Phi) is 5.41. The Morgan fingerprint density at radius 1 is 1.11 bits per heavy atom. The van der Waals surface area contributed by atoms with Crippen LogP contribution >= 0.6 is 0 Å². The molecule has 146 valence electrons. The highest BCUT2D eigenvalue weighted by atomic mass is 16.2. The van der Waals surface area contributed by atoms with Crippen LogP contribution in [0.25, 0.3) is 10.9 Å². The van der Waals surface area contributed by atoms with E-state index in [0.29, 0.717) is 23.9 Å². The Morgan fingerprint density at radius 2 is 2.00 bits per heavy atom. The number of rotatable bonds is 6. The van der Waals surface area contributed by atoms with E-state index in [1.807, 2.05) is 6.07 Å². The van der Waals surface area contributed by atoms with Crippen molar-refractivity contribution < 1.29 is 4.79 Å². The van der Waals surface area contributed by atoms with Crippen molar-refractivity contribution in [1.82, 2.24) is 35.1 Å². The minimum Gasteiger partial charge on any atom is -0.356 e. The van der Waals surface area contributed by atoms with Crippen LogP contribution in [0.2, 0.25) is 0 Å². The molecule has 0 saturated heterocycles. The molecular formula is C19H23N7O2. The first kappa shape index (κ1) is 18.3. The van der Waals surface area contributed by atoms with Crippen LogP contribution in [0.1, 0.15) is 37.3 Å². The fraction of sp³-hybridized carbons (Fsp3) is 0.474. The molecule has 0 fully saturated rings. The first-order valence-corrected chi connectivity index (χ1v) is 9.72. The molecule has 1 aliphatic heterocycles. The molecule has 0 spiro atoms. The van der Waals surface area contributed by atoms with E-state index in [9.17, 15) is 9.59 Å². The standard InChI is InChI=1S/C19H23N7O2/c27-18(10-13-26-19(28)14-6-3-4-7-15(14)21-24-26)20-11-9-17-23-22-16-8-2-1-5-12-25(16)17/h3-4,6-7H,1-2,5,8-13H2,(H,20,27). The number of nitrogens with zero attached hydrogens (tertiary/aromatic N) is 6. The number of amides is 1. The van der Waals surface area contributed by atoms with Crippen LogP contribution in [0, 0.1) is 0 Å². The first-order chi connectivity index (χ1) is 13.7. The van der Waals surface area contributed by atoms with Crippen molar-refractivity contribution in [1.29, 1.82) is 0 Å². The first-order valence-electron chi connectivity index (χ1n) is 9.72. The molecule has 3 aromatic rings. The number of aromatic nitrogens is 6. The van der Waals surface area contributed by atoms with Gasteiger partial charge in [-0.25, -0.2) is 4.68 Å². The molecule has 0 atom stereocenters. The number of benzene rings is 1. The van der Waals surface area contributed by atoms with Crippen molar-refractivity contribution in [3.63, 3.8) is 0 Å². The Balaban J connectivity index is 1.29. The molecule has 9 heteroatoms. The van der Waals surface area contributed by atoms with E-state index in [-0.39, 0.29) is 24.4 Å². The van der Waals surface area contributed by atoms with Gasteiger partial charge in [0.2, 0.25) is 5.91 Å². The fourth-order valence-corrected chi connectivity index (χ4v) is 3.51. The third-order valence-corrected chi connectivity index (χ3v) is 5.04. The van der Waals surface area contributed by atoms with Crippen LogP contribution in [0.5, 0.6) is 0 Å². The van der Waals surface area contributed by atoms with E-state index in [1.165, 1.54) is 11.1 Å². The molecule has 9 nitrogen and oxygen atoms in total. The molecule has 3 heterocycles. The normalized spacial score (nSPS) is 13.9. The minimum absolute atomic E-state index is 0.127. The summed E-state index contributed by atoms with van der Waals surface area (Å²) in [6.07, 6.45) is 5.31. The lowest BCUT2D eigenvalue weighted by atomic mass is 10.2. The summed E-state index contributed by atoms with van der Waals surface area (Å²) >= 11 is 0. The monoisotopic (exact) mass is 381 g/mol. The second kappa shape index (κ2) is 8.28. The lowest BCUT2D eigenvalue weighted by Gasteiger charge is -2.08. The molecule has 1 aliphatic rings. The van der Waals surface area contributed by atoms with Gasteiger partial charge in [0, 0.05) is 32.4 Å². The summed E-state index contributed by atoms with van der Waals surface area (Å²) in [6, 6.07) is 7.05. The SMILES string of the molecule is O=C(CCn1nnc2ccccc2c1=O)NCCc1nnc2n1CCCCC2. The summed E-state index contributed by atoms with van der Waals surface area (Å²) in [5, 5.41) is 19.9. The number of hydrogen-bond acceptors (Lipinski definition) is 6. The molecule has 0 unspecified atom stereocenters. The largest absolute Gasteiger partial charge is 0.356 e. The molecule has 28 heavy (non-hydrogen) atoms. The van der Waals surface area contributed by atoms with Crippen LogP contribution in [0.4, 0.5) is 0 Å². The van der Waals surface area contributed by atoms with E-state index < -0.39 is 0 Å². The Labute approximate surface area is 161 Å². The molecule has 1 amide bonds. The number of carbonyl (C=O) groups excluding carboxylic acids is 1. The zero-order valence-electron chi connectivity index (χ0n) is 15.7. The maximum Gasteiger partial charge on any atom is 0.277 e. The lowest BCUT2D eigenvalue weighted by Crippen LogP contribution is -2.30. The van der Waals surface area contributed by atoms with E-state index in [4.69, 9.17) is 0 Å². The average Bonchev–Trinajstić information content (AvgIpc) is 2.94. The molecule has 2 aromatic heterocycles. The van der Waals surface area contributed by atoms with Gasteiger partial charge < -0.3 is 9.88 Å². The molecule has 0 bridgehead atoms. The van der Waals surface area contributed by atoms with Gasteiger partial charge in [-0.15, -0.1) is 15.3 Å². The van der Waals surface area contributed by atoms with Gasteiger partial charge in [0.15, 0.2) is 0 Å². The smallest absolute Gasteiger partial charge is 0.277 e. The Bertz CT molecular complexity index is 1040. The molecule has 1 aromatic carbocycles. The van der Waals surface area contributed by atoms with Crippen LogP contribution in [0.15, 0.2) is 29.1 Å². The van der Waals surface area contributed by atoms with Gasteiger partial charge in [-0.3, -0.25) is 9.59 Å². The second-order valence-corrected chi connectivity index (χ2v) is 6.98. The molecule has 0 saturated carbocycles. The van der Waals surface area contributed by atoms with Gasteiger partial charge in [0.1, 0.15) is 17.2 Å². The van der Waals surface area contributed by atoms with Crippen molar-refractivity contribution in [2.24, 2.45) is 0 Å². The summed E-state index contributed by atoms with van der Waals surface area (Å²) in [5.74, 6) is 1.85. The Hall–Kier alpha value is -3.10. The highest BCUT2D eigenvalue weighted by Crippen LogP contribution is 2.14. The summed E-state index contributed by atoms with van der Waals surface area (Å²) in [4.78, 5) is 24.5. The van der Waals surface area contributed by atoms with Crippen LogP contribution in [0.3, 0.4) is 0 Å². The van der Waals surface area contributed by atoms with Gasteiger partial charge in [0.25, 0.3) is 5.56 Å². The van der Waals surface area contributed by atoms with Gasteiger partial charge in [-0.05, 0) is 25.0 Å². The van der Waals surface area contributed by atoms with Crippen LogP contribution < -0.4 is 10.9 Å². The second-order valence-electron chi connectivity index (χ2n) is 6.98. The van der Waals surface area contributed by atoms with E-state index in [0.717, 1.165) is 37.5 Å². The topological polar surface area (TPSA) is 108 Å². The van der Waals surface area contributed by atoms with Gasteiger partial charge >= 0.3 is 0 Å². The maximum absolute atomic E-state index is 12.4. The van der Waals surface area contributed by atoms with E-state index in [1.54, 1.807) is 18.2 Å². The lowest BCUT2D eigenvalue weighted by molar-refractivity contribution is -0.121. The highest BCUT2D eigenvalue weighted by Gasteiger charge is 2.14. The average molecular weight is 381 g/mol. The molecule has 0 aliphatic carbocycles. The quantitative estimate of drug-likeness (QED) is 0.678. The summed E-state index contributed by atoms with van der Waals surface area (Å²) in [7, 11) is 0.